The summed E-state index contributed by atoms with van der Waals surface area (Å²) in [6.45, 7) is 8.10. The van der Waals surface area contributed by atoms with Crippen molar-refractivity contribution in [3.05, 3.63) is 0 Å². The maximum absolute atomic E-state index is 12.4. The zero-order valence-corrected chi connectivity index (χ0v) is 13.1. The van der Waals surface area contributed by atoms with E-state index >= 15 is 0 Å². The van der Waals surface area contributed by atoms with E-state index < -0.39 is 0 Å². The first kappa shape index (κ1) is 15.3. The molecule has 3 aliphatic rings. The average molecular weight is 296 g/mol. The standard InChI is InChI=1S/C16H28N2O3/c1-13-4-7-18(8-5-13)15(19)12-17-6-2-3-14(11-17)16-20-9-10-21-16/h13-14,16H,2-12H2,1H3. The Hall–Kier alpha value is -0.650. The van der Waals surface area contributed by atoms with Gasteiger partial charge >= 0.3 is 0 Å². The van der Waals surface area contributed by atoms with Gasteiger partial charge in [0, 0.05) is 25.6 Å². The van der Waals surface area contributed by atoms with Gasteiger partial charge in [-0.3, -0.25) is 9.69 Å². The van der Waals surface area contributed by atoms with Crippen LogP contribution in [0.4, 0.5) is 0 Å². The molecule has 1 unspecified atom stereocenters. The number of piperidine rings is 2. The molecule has 0 N–H and O–H groups in total. The van der Waals surface area contributed by atoms with Crippen LogP contribution in [-0.2, 0) is 14.3 Å². The molecule has 120 valence electrons. The minimum absolute atomic E-state index is 0.0428. The maximum Gasteiger partial charge on any atom is 0.236 e. The van der Waals surface area contributed by atoms with E-state index in [-0.39, 0.29) is 6.29 Å². The fourth-order valence-corrected chi connectivity index (χ4v) is 3.66. The molecule has 0 spiro atoms. The highest BCUT2D eigenvalue weighted by atomic mass is 16.7. The van der Waals surface area contributed by atoms with Crippen molar-refractivity contribution in [1.82, 2.24) is 9.80 Å². The first-order valence-electron chi connectivity index (χ1n) is 8.45. The molecule has 1 atom stereocenters. The molecule has 0 saturated carbocycles. The van der Waals surface area contributed by atoms with Crippen molar-refractivity contribution in [3.8, 4) is 0 Å². The van der Waals surface area contributed by atoms with E-state index in [2.05, 4.69) is 11.8 Å². The van der Waals surface area contributed by atoms with Crippen molar-refractivity contribution in [1.29, 1.82) is 0 Å². The lowest BCUT2D eigenvalue weighted by Crippen LogP contribution is -2.48. The smallest absolute Gasteiger partial charge is 0.236 e. The normalized spacial score (nSPS) is 30.0. The summed E-state index contributed by atoms with van der Waals surface area (Å²) < 4.78 is 11.3. The zero-order valence-electron chi connectivity index (χ0n) is 13.1. The number of hydrogen-bond acceptors (Lipinski definition) is 4. The van der Waals surface area contributed by atoms with Gasteiger partial charge in [0.25, 0.3) is 0 Å². The number of carbonyl (C=O) groups is 1. The lowest BCUT2D eigenvalue weighted by Gasteiger charge is -2.36. The van der Waals surface area contributed by atoms with Crippen LogP contribution < -0.4 is 0 Å². The number of likely N-dealkylation sites (tertiary alicyclic amines) is 2. The minimum atomic E-state index is -0.0428. The maximum atomic E-state index is 12.4. The minimum Gasteiger partial charge on any atom is -0.350 e. The highest BCUT2D eigenvalue weighted by Crippen LogP contribution is 2.25. The molecule has 0 radical (unpaired) electrons. The predicted octanol–water partition coefficient (Wildman–Crippen LogP) is 1.33. The highest BCUT2D eigenvalue weighted by Gasteiger charge is 2.32. The Labute approximate surface area is 127 Å². The Bertz CT molecular complexity index is 349. The Morgan fingerprint density at radius 1 is 1.10 bits per heavy atom. The summed E-state index contributed by atoms with van der Waals surface area (Å²) in [5.74, 6) is 1.50. The summed E-state index contributed by atoms with van der Waals surface area (Å²) >= 11 is 0. The van der Waals surface area contributed by atoms with E-state index in [1.54, 1.807) is 0 Å². The molecule has 3 aliphatic heterocycles. The van der Waals surface area contributed by atoms with Crippen LogP contribution in [0.25, 0.3) is 0 Å². The van der Waals surface area contributed by atoms with Crippen LogP contribution in [0.2, 0.25) is 0 Å². The van der Waals surface area contributed by atoms with Crippen LogP contribution in [0.1, 0.15) is 32.6 Å². The van der Waals surface area contributed by atoms with Crippen molar-refractivity contribution in [2.24, 2.45) is 11.8 Å². The molecule has 0 aliphatic carbocycles. The van der Waals surface area contributed by atoms with Gasteiger partial charge < -0.3 is 14.4 Å². The quantitative estimate of drug-likeness (QED) is 0.788. The van der Waals surface area contributed by atoms with Crippen LogP contribution in [0.15, 0.2) is 0 Å². The number of rotatable bonds is 3. The number of nitrogens with zero attached hydrogens (tertiary/aromatic N) is 2. The summed E-state index contributed by atoms with van der Waals surface area (Å²) in [5, 5.41) is 0. The van der Waals surface area contributed by atoms with Crippen LogP contribution in [-0.4, -0.2) is 67.9 Å². The summed E-state index contributed by atoms with van der Waals surface area (Å²) in [6.07, 6.45) is 4.55. The molecule has 0 bridgehead atoms. The highest BCUT2D eigenvalue weighted by molar-refractivity contribution is 5.78. The van der Waals surface area contributed by atoms with Crippen LogP contribution in [0.5, 0.6) is 0 Å². The summed E-state index contributed by atoms with van der Waals surface area (Å²) in [6, 6.07) is 0. The lowest BCUT2D eigenvalue weighted by molar-refractivity contribution is -0.136. The topological polar surface area (TPSA) is 42.0 Å². The molecule has 3 fully saturated rings. The van der Waals surface area contributed by atoms with Crippen molar-refractivity contribution < 1.29 is 14.3 Å². The molecule has 0 aromatic carbocycles. The van der Waals surface area contributed by atoms with E-state index in [1.807, 2.05) is 4.90 Å². The van der Waals surface area contributed by atoms with E-state index in [4.69, 9.17) is 9.47 Å². The fourth-order valence-electron chi connectivity index (χ4n) is 3.66. The lowest BCUT2D eigenvalue weighted by atomic mass is 9.97. The zero-order chi connectivity index (χ0) is 14.7. The van der Waals surface area contributed by atoms with Gasteiger partial charge in [-0.2, -0.15) is 0 Å². The van der Waals surface area contributed by atoms with Gasteiger partial charge in [0.2, 0.25) is 5.91 Å². The van der Waals surface area contributed by atoms with Crippen LogP contribution in [0.3, 0.4) is 0 Å². The first-order chi connectivity index (χ1) is 10.2. The Morgan fingerprint density at radius 3 is 2.52 bits per heavy atom. The van der Waals surface area contributed by atoms with E-state index in [0.717, 1.165) is 57.8 Å². The number of carbonyl (C=O) groups excluding carboxylic acids is 1. The SMILES string of the molecule is CC1CCN(C(=O)CN2CCCC(C3OCCO3)C2)CC1. The number of amides is 1. The molecule has 0 aromatic heterocycles. The van der Waals surface area contributed by atoms with Gasteiger partial charge in [0.1, 0.15) is 0 Å². The molecule has 3 saturated heterocycles. The molecule has 0 aromatic rings. The third kappa shape index (κ3) is 3.96. The molecular weight excluding hydrogens is 268 g/mol. The van der Waals surface area contributed by atoms with Gasteiger partial charge in [-0.05, 0) is 38.1 Å². The van der Waals surface area contributed by atoms with E-state index in [9.17, 15) is 4.79 Å². The third-order valence-corrected chi connectivity index (χ3v) is 5.07. The summed E-state index contributed by atoms with van der Waals surface area (Å²) in [7, 11) is 0. The molecule has 3 rings (SSSR count). The second-order valence-electron chi connectivity index (χ2n) is 6.81. The van der Waals surface area contributed by atoms with Crippen molar-refractivity contribution in [3.63, 3.8) is 0 Å². The fraction of sp³-hybridized carbons (Fsp3) is 0.938. The van der Waals surface area contributed by atoms with Crippen LogP contribution >= 0.6 is 0 Å². The molecule has 1 amide bonds. The van der Waals surface area contributed by atoms with Crippen LogP contribution in [0, 0.1) is 11.8 Å². The number of hydrogen-bond donors (Lipinski definition) is 0. The molecular formula is C16H28N2O3. The van der Waals surface area contributed by atoms with Crippen molar-refractivity contribution in [2.45, 2.75) is 38.9 Å². The van der Waals surface area contributed by atoms with Gasteiger partial charge in [-0.25, -0.2) is 0 Å². The Morgan fingerprint density at radius 2 is 1.81 bits per heavy atom. The van der Waals surface area contributed by atoms with E-state index in [0.29, 0.717) is 31.6 Å². The monoisotopic (exact) mass is 296 g/mol. The average Bonchev–Trinajstić information content (AvgIpc) is 3.02. The largest absolute Gasteiger partial charge is 0.350 e. The molecule has 21 heavy (non-hydrogen) atoms. The third-order valence-electron chi connectivity index (χ3n) is 5.07. The second kappa shape index (κ2) is 7.07. The van der Waals surface area contributed by atoms with Gasteiger partial charge in [-0.15, -0.1) is 0 Å². The van der Waals surface area contributed by atoms with Crippen molar-refractivity contribution >= 4 is 5.91 Å². The Balaban J connectivity index is 1.46. The summed E-state index contributed by atoms with van der Waals surface area (Å²) in [5.41, 5.74) is 0. The van der Waals surface area contributed by atoms with Gasteiger partial charge in [-0.1, -0.05) is 6.92 Å². The second-order valence-corrected chi connectivity index (χ2v) is 6.81. The predicted molar refractivity (Wildman–Crippen MR) is 79.8 cm³/mol. The molecule has 5 nitrogen and oxygen atoms in total. The molecule has 3 heterocycles. The first-order valence-corrected chi connectivity index (χ1v) is 8.45. The summed E-state index contributed by atoms with van der Waals surface area (Å²) in [4.78, 5) is 16.8. The number of ether oxygens (including phenoxy) is 2. The van der Waals surface area contributed by atoms with E-state index in [1.165, 1.54) is 0 Å². The van der Waals surface area contributed by atoms with Gasteiger partial charge in [0.15, 0.2) is 6.29 Å². The van der Waals surface area contributed by atoms with Crippen molar-refractivity contribution in [2.75, 3.05) is 45.9 Å². The van der Waals surface area contributed by atoms with Gasteiger partial charge in [0.05, 0.1) is 19.8 Å². The Kier molecular flexibility index (Phi) is 5.14. The molecule has 5 heteroatoms.